The SMILES string of the molecule is CC(C)CCCCCCCCCc1cc(CCCCCCC(C)C)ccc1O. The second kappa shape index (κ2) is 15.9. The fourth-order valence-electron chi connectivity index (χ4n) is 3.98. The summed E-state index contributed by atoms with van der Waals surface area (Å²) < 4.78 is 0. The molecule has 0 bridgehead atoms. The zero-order valence-corrected chi connectivity index (χ0v) is 19.4. The van der Waals surface area contributed by atoms with Crippen molar-refractivity contribution < 1.29 is 5.11 Å². The van der Waals surface area contributed by atoms with Crippen LogP contribution in [0.15, 0.2) is 18.2 Å². The summed E-state index contributed by atoms with van der Waals surface area (Å²) in [6, 6.07) is 6.29. The monoisotopic (exact) mass is 388 g/mol. The Labute approximate surface area is 176 Å². The number of aromatic hydroxyl groups is 1. The van der Waals surface area contributed by atoms with E-state index >= 15 is 0 Å². The van der Waals surface area contributed by atoms with E-state index < -0.39 is 0 Å². The topological polar surface area (TPSA) is 20.2 Å². The van der Waals surface area contributed by atoms with E-state index in [1.807, 2.05) is 6.07 Å². The van der Waals surface area contributed by atoms with Crippen LogP contribution in [0.4, 0.5) is 0 Å². The number of unbranched alkanes of at least 4 members (excludes halogenated alkanes) is 9. The lowest BCUT2D eigenvalue weighted by Gasteiger charge is -2.09. The molecule has 1 aromatic carbocycles. The number of rotatable bonds is 17. The molecule has 0 aliphatic rings. The van der Waals surface area contributed by atoms with Crippen LogP contribution in [0.25, 0.3) is 0 Å². The van der Waals surface area contributed by atoms with Crippen LogP contribution in [0, 0.1) is 11.8 Å². The number of hydrogen-bond acceptors (Lipinski definition) is 1. The molecule has 0 radical (unpaired) electrons. The first-order valence-corrected chi connectivity index (χ1v) is 12.3. The van der Waals surface area contributed by atoms with E-state index in [0.29, 0.717) is 5.75 Å². The maximum Gasteiger partial charge on any atom is 0.118 e. The molecule has 1 aromatic rings. The van der Waals surface area contributed by atoms with Crippen molar-refractivity contribution in [1.29, 1.82) is 0 Å². The summed E-state index contributed by atoms with van der Waals surface area (Å²) in [7, 11) is 0. The van der Waals surface area contributed by atoms with Gasteiger partial charge in [-0.3, -0.25) is 0 Å². The molecule has 0 unspecified atom stereocenters. The highest BCUT2D eigenvalue weighted by Crippen LogP contribution is 2.23. The Balaban J connectivity index is 2.14. The second-order valence-corrected chi connectivity index (χ2v) is 9.72. The molecule has 0 aromatic heterocycles. The third-order valence-electron chi connectivity index (χ3n) is 5.87. The molecular weight excluding hydrogens is 340 g/mol. The predicted molar refractivity (Wildman–Crippen MR) is 125 cm³/mol. The Morgan fingerprint density at radius 1 is 0.607 bits per heavy atom. The third kappa shape index (κ3) is 13.2. The van der Waals surface area contributed by atoms with Gasteiger partial charge in [-0.05, 0) is 54.7 Å². The van der Waals surface area contributed by atoms with E-state index in [4.69, 9.17) is 0 Å². The van der Waals surface area contributed by atoms with Crippen LogP contribution < -0.4 is 0 Å². The molecule has 1 heteroatoms. The average molecular weight is 389 g/mol. The minimum Gasteiger partial charge on any atom is -0.508 e. The van der Waals surface area contributed by atoms with E-state index in [-0.39, 0.29) is 0 Å². The van der Waals surface area contributed by atoms with Crippen molar-refractivity contribution in [3.63, 3.8) is 0 Å². The van der Waals surface area contributed by atoms with Crippen molar-refractivity contribution in [2.24, 2.45) is 11.8 Å². The van der Waals surface area contributed by atoms with E-state index in [1.165, 1.54) is 89.0 Å². The van der Waals surface area contributed by atoms with E-state index in [0.717, 1.165) is 30.2 Å². The minimum absolute atomic E-state index is 0.495. The van der Waals surface area contributed by atoms with Gasteiger partial charge in [0.15, 0.2) is 0 Å². The van der Waals surface area contributed by atoms with Gasteiger partial charge in [-0.1, -0.05) is 110 Å². The first-order valence-electron chi connectivity index (χ1n) is 12.3. The molecular formula is C27H48O. The smallest absolute Gasteiger partial charge is 0.118 e. The quantitative estimate of drug-likeness (QED) is 0.264. The lowest BCUT2D eigenvalue weighted by atomic mass is 9.98. The van der Waals surface area contributed by atoms with Crippen LogP contribution >= 0.6 is 0 Å². The van der Waals surface area contributed by atoms with Crippen LogP contribution in [0.5, 0.6) is 5.75 Å². The Morgan fingerprint density at radius 2 is 1.07 bits per heavy atom. The van der Waals surface area contributed by atoms with Gasteiger partial charge < -0.3 is 5.11 Å². The molecule has 0 aliphatic heterocycles. The Kier molecular flexibility index (Phi) is 14.2. The summed E-state index contributed by atoms with van der Waals surface area (Å²) >= 11 is 0. The minimum atomic E-state index is 0.495. The maximum absolute atomic E-state index is 10.2. The normalized spacial score (nSPS) is 11.6. The van der Waals surface area contributed by atoms with Crippen LogP contribution in [0.1, 0.15) is 122 Å². The van der Waals surface area contributed by atoms with E-state index in [1.54, 1.807) is 0 Å². The predicted octanol–water partition coefficient (Wildman–Crippen LogP) is 8.86. The van der Waals surface area contributed by atoms with Gasteiger partial charge in [-0.15, -0.1) is 0 Å². The van der Waals surface area contributed by atoms with Gasteiger partial charge in [0.05, 0.1) is 0 Å². The van der Waals surface area contributed by atoms with Crippen molar-refractivity contribution >= 4 is 0 Å². The highest BCUT2D eigenvalue weighted by atomic mass is 16.3. The van der Waals surface area contributed by atoms with Crippen LogP contribution in [-0.2, 0) is 12.8 Å². The van der Waals surface area contributed by atoms with Crippen molar-refractivity contribution in [1.82, 2.24) is 0 Å². The summed E-state index contributed by atoms with van der Waals surface area (Å²) in [4.78, 5) is 0. The number of phenols is 1. The van der Waals surface area contributed by atoms with Gasteiger partial charge in [0.1, 0.15) is 5.75 Å². The number of phenolic OH excluding ortho intramolecular Hbond substituents is 1. The fraction of sp³-hybridized carbons (Fsp3) is 0.778. The van der Waals surface area contributed by atoms with Gasteiger partial charge in [0.2, 0.25) is 0 Å². The second-order valence-electron chi connectivity index (χ2n) is 9.72. The van der Waals surface area contributed by atoms with Gasteiger partial charge >= 0.3 is 0 Å². The van der Waals surface area contributed by atoms with Crippen LogP contribution in [-0.4, -0.2) is 5.11 Å². The summed E-state index contributed by atoms with van der Waals surface area (Å²) in [6.07, 6.45) is 19.7. The average Bonchev–Trinajstić information content (AvgIpc) is 2.64. The Bertz CT molecular complexity index is 489. The lowest BCUT2D eigenvalue weighted by Crippen LogP contribution is -1.93. The molecule has 28 heavy (non-hydrogen) atoms. The fourth-order valence-corrected chi connectivity index (χ4v) is 3.98. The Hall–Kier alpha value is -0.980. The molecule has 0 spiro atoms. The molecule has 0 amide bonds. The summed E-state index contributed by atoms with van der Waals surface area (Å²) in [6.45, 7) is 9.26. The molecule has 1 N–H and O–H groups in total. The maximum atomic E-state index is 10.2. The molecule has 0 fully saturated rings. The van der Waals surface area contributed by atoms with Crippen molar-refractivity contribution in [3.05, 3.63) is 29.3 Å². The van der Waals surface area contributed by atoms with Crippen LogP contribution in [0.3, 0.4) is 0 Å². The molecule has 0 atom stereocenters. The zero-order chi connectivity index (χ0) is 20.6. The molecule has 0 saturated carbocycles. The van der Waals surface area contributed by atoms with E-state index in [9.17, 15) is 5.11 Å². The molecule has 162 valence electrons. The number of benzene rings is 1. The molecule has 0 heterocycles. The summed E-state index contributed by atoms with van der Waals surface area (Å²) in [5, 5.41) is 10.2. The van der Waals surface area contributed by atoms with Crippen molar-refractivity contribution in [2.45, 2.75) is 124 Å². The molecule has 0 aliphatic carbocycles. The third-order valence-corrected chi connectivity index (χ3v) is 5.87. The van der Waals surface area contributed by atoms with Gasteiger partial charge in [0.25, 0.3) is 0 Å². The zero-order valence-electron chi connectivity index (χ0n) is 19.4. The standard InChI is InChI=1S/C27H48O/c1-23(2)16-12-8-6-5-7-9-15-19-26-22-25(20-21-27(26)28)18-14-11-10-13-17-24(3)4/h20-24,28H,5-19H2,1-4H3. The molecule has 1 nitrogen and oxygen atoms in total. The molecule has 0 saturated heterocycles. The summed E-state index contributed by atoms with van der Waals surface area (Å²) in [5.41, 5.74) is 2.57. The number of aryl methyl sites for hydroxylation is 2. The lowest BCUT2D eigenvalue weighted by molar-refractivity contribution is 0.465. The van der Waals surface area contributed by atoms with Gasteiger partial charge in [-0.2, -0.15) is 0 Å². The van der Waals surface area contributed by atoms with Crippen molar-refractivity contribution in [3.8, 4) is 5.75 Å². The van der Waals surface area contributed by atoms with Crippen LogP contribution in [0.2, 0.25) is 0 Å². The summed E-state index contributed by atoms with van der Waals surface area (Å²) in [5.74, 6) is 2.19. The van der Waals surface area contributed by atoms with Gasteiger partial charge in [0, 0.05) is 0 Å². The first-order chi connectivity index (χ1) is 13.5. The number of hydrogen-bond donors (Lipinski definition) is 1. The highest BCUT2D eigenvalue weighted by Gasteiger charge is 2.04. The van der Waals surface area contributed by atoms with Crippen molar-refractivity contribution in [2.75, 3.05) is 0 Å². The Morgan fingerprint density at radius 3 is 1.61 bits per heavy atom. The first kappa shape index (κ1) is 25.1. The molecule has 1 rings (SSSR count). The largest absolute Gasteiger partial charge is 0.508 e. The highest BCUT2D eigenvalue weighted by molar-refractivity contribution is 5.36. The van der Waals surface area contributed by atoms with E-state index in [2.05, 4.69) is 39.8 Å². The van der Waals surface area contributed by atoms with Gasteiger partial charge in [-0.25, -0.2) is 0 Å².